The maximum absolute atomic E-state index is 13.9. The summed E-state index contributed by atoms with van der Waals surface area (Å²) in [7, 11) is 3.45. The summed E-state index contributed by atoms with van der Waals surface area (Å²) in [6.45, 7) is 3.99. The summed E-state index contributed by atoms with van der Waals surface area (Å²) >= 11 is 0. The first-order valence-corrected chi connectivity index (χ1v) is 6.51. The van der Waals surface area contributed by atoms with Gasteiger partial charge in [-0.05, 0) is 20.0 Å². The third-order valence-corrected chi connectivity index (χ3v) is 3.15. The van der Waals surface area contributed by atoms with E-state index in [1.54, 1.807) is 18.5 Å². The van der Waals surface area contributed by atoms with Crippen molar-refractivity contribution < 1.29 is 9.13 Å². The van der Waals surface area contributed by atoms with E-state index in [2.05, 4.69) is 10.2 Å². The molecule has 5 nitrogen and oxygen atoms in total. The molecule has 0 saturated heterocycles. The van der Waals surface area contributed by atoms with Gasteiger partial charge < -0.3 is 9.30 Å². The normalized spacial score (nSPS) is 11.1. The summed E-state index contributed by atoms with van der Waals surface area (Å²) in [6.07, 6.45) is 1.71. The average Bonchev–Trinajstić information content (AvgIpc) is 2.88. The zero-order valence-electron chi connectivity index (χ0n) is 12.0. The van der Waals surface area contributed by atoms with Gasteiger partial charge in [0.2, 0.25) is 0 Å². The predicted molar refractivity (Wildman–Crippen MR) is 73.8 cm³/mol. The molecule has 1 aromatic heterocycles. The van der Waals surface area contributed by atoms with Gasteiger partial charge in [0.05, 0.1) is 13.7 Å². The molecule has 0 aliphatic heterocycles. The van der Waals surface area contributed by atoms with Crippen molar-refractivity contribution in [3.05, 3.63) is 41.7 Å². The van der Waals surface area contributed by atoms with Crippen LogP contribution in [0.2, 0.25) is 0 Å². The number of hydrogen-bond donors (Lipinski definition) is 0. The molecule has 0 radical (unpaired) electrons. The molecule has 2 aromatic rings. The molecule has 20 heavy (non-hydrogen) atoms. The largest absolute Gasteiger partial charge is 0.497 e. The fourth-order valence-corrected chi connectivity index (χ4v) is 2.04. The van der Waals surface area contributed by atoms with Crippen LogP contribution in [0.15, 0.2) is 24.5 Å². The highest BCUT2D eigenvalue weighted by Gasteiger charge is 2.10. The van der Waals surface area contributed by atoms with Gasteiger partial charge >= 0.3 is 0 Å². The number of methoxy groups -OCH3 is 1. The molecule has 1 heterocycles. The SMILES string of the molecule is CCn1cnnc1CN(C)Cc1ccc(OC)cc1F. The average molecular weight is 278 g/mol. The van der Waals surface area contributed by atoms with Crippen molar-refractivity contribution in [2.24, 2.45) is 0 Å². The molecule has 0 saturated carbocycles. The van der Waals surface area contributed by atoms with Crippen LogP contribution in [-0.2, 0) is 19.6 Å². The Morgan fingerprint density at radius 1 is 1.35 bits per heavy atom. The fourth-order valence-electron chi connectivity index (χ4n) is 2.04. The Balaban J connectivity index is 2.03. The Kier molecular flexibility index (Phi) is 4.68. The van der Waals surface area contributed by atoms with Gasteiger partial charge in [-0.2, -0.15) is 0 Å². The second-order valence-electron chi connectivity index (χ2n) is 4.66. The van der Waals surface area contributed by atoms with Gasteiger partial charge in [0, 0.05) is 24.7 Å². The first kappa shape index (κ1) is 14.5. The Morgan fingerprint density at radius 3 is 2.80 bits per heavy atom. The molecule has 0 bridgehead atoms. The third kappa shape index (κ3) is 3.33. The van der Waals surface area contributed by atoms with Gasteiger partial charge in [-0.1, -0.05) is 6.07 Å². The van der Waals surface area contributed by atoms with E-state index in [9.17, 15) is 4.39 Å². The fraction of sp³-hybridized carbons (Fsp3) is 0.429. The molecule has 0 aliphatic rings. The molecule has 6 heteroatoms. The lowest BCUT2D eigenvalue weighted by atomic mass is 10.2. The van der Waals surface area contributed by atoms with Crippen molar-refractivity contribution in [1.82, 2.24) is 19.7 Å². The minimum atomic E-state index is -0.256. The summed E-state index contributed by atoms with van der Waals surface area (Å²) < 4.78 is 20.9. The maximum Gasteiger partial charge on any atom is 0.146 e. The van der Waals surface area contributed by atoms with Crippen LogP contribution in [0.1, 0.15) is 18.3 Å². The molecule has 108 valence electrons. The van der Waals surface area contributed by atoms with Crippen LogP contribution in [0.3, 0.4) is 0 Å². The Labute approximate surface area is 118 Å². The number of aryl methyl sites for hydroxylation is 1. The molecule has 0 fully saturated rings. The van der Waals surface area contributed by atoms with E-state index in [1.165, 1.54) is 13.2 Å². The number of rotatable bonds is 6. The molecule has 2 rings (SSSR count). The maximum atomic E-state index is 13.9. The van der Waals surface area contributed by atoms with E-state index in [0.717, 1.165) is 12.4 Å². The highest BCUT2D eigenvalue weighted by atomic mass is 19.1. The summed E-state index contributed by atoms with van der Waals surface area (Å²) in [6, 6.07) is 4.91. The van der Waals surface area contributed by atoms with Crippen LogP contribution in [0.5, 0.6) is 5.75 Å². The van der Waals surface area contributed by atoms with E-state index in [4.69, 9.17) is 4.74 Å². The lowest BCUT2D eigenvalue weighted by molar-refractivity contribution is 0.299. The predicted octanol–water partition coefficient (Wildman–Crippen LogP) is 2.08. The molecule has 0 aliphatic carbocycles. The van der Waals surface area contributed by atoms with E-state index in [-0.39, 0.29) is 5.82 Å². The first-order chi connectivity index (χ1) is 9.63. The van der Waals surface area contributed by atoms with Crippen LogP contribution in [0.25, 0.3) is 0 Å². The minimum Gasteiger partial charge on any atom is -0.497 e. The Bertz CT molecular complexity index is 570. The summed E-state index contributed by atoms with van der Waals surface area (Å²) in [5, 5.41) is 7.96. The standard InChI is InChI=1S/C14H19FN4O/c1-4-19-10-16-17-14(19)9-18(2)8-11-5-6-12(20-3)7-13(11)15/h5-7,10H,4,8-9H2,1-3H3. The van der Waals surface area contributed by atoms with Crippen molar-refractivity contribution in [2.75, 3.05) is 14.2 Å². The van der Waals surface area contributed by atoms with Gasteiger partial charge in [-0.25, -0.2) is 4.39 Å². The molecule has 0 amide bonds. The van der Waals surface area contributed by atoms with E-state index in [0.29, 0.717) is 24.4 Å². The third-order valence-electron chi connectivity index (χ3n) is 3.15. The number of hydrogen-bond acceptors (Lipinski definition) is 4. The highest BCUT2D eigenvalue weighted by molar-refractivity contribution is 5.28. The molecule has 0 spiro atoms. The first-order valence-electron chi connectivity index (χ1n) is 6.51. The second kappa shape index (κ2) is 6.47. The molecule has 0 N–H and O–H groups in total. The van der Waals surface area contributed by atoms with Gasteiger partial charge in [0.15, 0.2) is 0 Å². The van der Waals surface area contributed by atoms with E-state index < -0.39 is 0 Å². The van der Waals surface area contributed by atoms with Crippen LogP contribution < -0.4 is 4.74 Å². The van der Waals surface area contributed by atoms with Gasteiger partial charge in [0.25, 0.3) is 0 Å². The van der Waals surface area contributed by atoms with Crippen molar-refractivity contribution in [2.45, 2.75) is 26.6 Å². The highest BCUT2D eigenvalue weighted by Crippen LogP contribution is 2.17. The number of nitrogens with zero attached hydrogens (tertiary/aromatic N) is 4. The summed E-state index contributed by atoms with van der Waals surface area (Å²) in [5.41, 5.74) is 0.635. The van der Waals surface area contributed by atoms with Crippen molar-refractivity contribution >= 4 is 0 Å². The quantitative estimate of drug-likeness (QED) is 0.811. The van der Waals surface area contributed by atoms with E-state index >= 15 is 0 Å². The molecular formula is C14H19FN4O. The number of benzene rings is 1. The van der Waals surface area contributed by atoms with Gasteiger partial charge in [-0.15, -0.1) is 10.2 Å². The zero-order chi connectivity index (χ0) is 14.5. The van der Waals surface area contributed by atoms with E-state index in [1.807, 2.05) is 23.4 Å². The van der Waals surface area contributed by atoms with Crippen molar-refractivity contribution in [3.8, 4) is 5.75 Å². The van der Waals surface area contributed by atoms with Gasteiger partial charge in [0.1, 0.15) is 23.7 Å². The number of aromatic nitrogens is 3. The van der Waals surface area contributed by atoms with Crippen LogP contribution in [-0.4, -0.2) is 33.8 Å². The molecular weight excluding hydrogens is 259 g/mol. The molecule has 0 unspecified atom stereocenters. The number of halogens is 1. The smallest absolute Gasteiger partial charge is 0.146 e. The molecule has 1 aromatic carbocycles. The Hall–Kier alpha value is -1.95. The van der Waals surface area contributed by atoms with Crippen molar-refractivity contribution in [1.29, 1.82) is 0 Å². The summed E-state index contributed by atoms with van der Waals surface area (Å²) in [4.78, 5) is 2.00. The zero-order valence-corrected chi connectivity index (χ0v) is 12.0. The van der Waals surface area contributed by atoms with Crippen molar-refractivity contribution in [3.63, 3.8) is 0 Å². The lowest BCUT2D eigenvalue weighted by Crippen LogP contribution is -2.20. The molecule has 0 atom stereocenters. The Morgan fingerprint density at radius 2 is 2.15 bits per heavy atom. The van der Waals surface area contributed by atoms with Crippen LogP contribution in [0, 0.1) is 5.82 Å². The topological polar surface area (TPSA) is 43.2 Å². The summed E-state index contributed by atoms with van der Waals surface area (Å²) in [5.74, 6) is 1.15. The van der Waals surface area contributed by atoms with Crippen LogP contribution in [0.4, 0.5) is 4.39 Å². The second-order valence-corrected chi connectivity index (χ2v) is 4.66. The van der Waals surface area contributed by atoms with Gasteiger partial charge in [-0.3, -0.25) is 4.90 Å². The van der Waals surface area contributed by atoms with Crippen LogP contribution >= 0.6 is 0 Å². The minimum absolute atomic E-state index is 0.256. The monoisotopic (exact) mass is 278 g/mol. The lowest BCUT2D eigenvalue weighted by Gasteiger charge is -2.17. The number of ether oxygens (including phenoxy) is 1.